The Kier molecular flexibility index (Phi) is 5.25. The molecule has 0 bridgehead atoms. The molecule has 0 aliphatic carbocycles. The highest BCUT2D eigenvalue weighted by Crippen LogP contribution is 2.16. The minimum Gasteiger partial charge on any atom is -0.338 e. The Labute approximate surface area is 100 Å². The molecule has 1 aromatic heterocycles. The third kappa shape index (κ3) is 4.18. The number of rotatable bonds is 5. The molecule has 1 rings (SSSR count). The van der Waals surface area contributed by atoms with E-state index in [0.29, 0.717) is 6.54 Å². The van der Waals surface area contributed by atoms with Gasteiger partial charge in [-0.25, -0.2) is 9.78 Å². The van der Waals surface area contributed by atoms with Gasteiger partial charge in [-0.1, -0.05) is 6.92 Å². The molecule has 16 heavy (non-hydrogen) atoms. The third-order valence-electron chi connectivity index (χ3n) is 2.17. The van der Waals surface area contributed by atoms with Crippen LogP contribution in [0.5, 0.6) is 0 Å². The van der Waals surface area contributed by atoms with Crippen molar-refractivity contribution in [3.63, 3.8) is 0 Å². The molecule has 4 nitrogen and oxygen atoms in total. The fraction of sp³-hybridized carbons (Fsp3) is 0.636. The molecule has 0 atom stereocenters. The van der Waals surface area contributed by atoms with E-state index < -0.39 is 0 Å². The Bertz CT molecular complexity index is 349. The van der Waals surface area contributed by atoms with Crippen molar-refractivity contribution < 1.29 is 4.79 Å². The predicted molar refractivity (Wildman–Crippen MR) is 67.0 cm³/mol. The molecule has 0 saturated carbocycles. The molecule has 2 N–H and O–H groups in total. The van der Waals surface area contributed by atoms with E-state index in [1.54, 1.807) is 11.3 Å². The first-order valence-electron chi connectivity index (χ1n) is 5.58. The van der Waals surface area contributed by atoms with Gasteiger partial charge in [0.15, 0.2) is 0 Å². The Morgan fingerprint density at radius 2 is 2.00 bits per heavy atom. The van der Waals surface area contributed by atoms with Crippen LogP contribution >= 0.6 is 11.3 Å². The van der Waals surface area contributed by atoms with Crippen molar-refractivity contribution in [2.24, 2.45) is 0 Å². The molecule has 0 fully saturated rings. The highest BCUT2D eigenvalue weighted by Gasteiger charge is 2.05. The lowest BCUT2D eigenvalue weighted by molar-refractivity contribution is 0.241. The lowest BCUT2D eigenvalue weighted by Gasteiger charge is -2.05. The van der Waals surface area contributed by atoms with Crippen LogP contribution in [0, 0.1) is 13.8 Å². The van der Waals surface area contributed by atoms with E-state index in [1.165, 1.54) is 4.88 Å². The number of hydrogen-bond acceptors (Lipinski definition) is 3. The van der Waals surface area contributed by atoms with Crippen molar-refractivity contribution in [1.29, 1.82) is 0 Å². The molecule has 0 aliphatic heterocycles. The number of amides is 2. The zero-order valence-corrected chi connectivity index (χ0v) is 10.9. The zero-order valence-electron chi connectivity index (χ0n) is 10.1. The maximum absolute atomic E-state index is 11.2. The fourth-order valence-electron chi connectivity index (χ4n) is 1.40. The van der Waals surface area contributed by atoms with Crippen molar-refractivity contribution in [2.45, 2.75) is 33.6 Å². The van der Waals surface area contributed by atoms with E-state index in [9.17, 15) is 4.79 Å². The number of hydrogen-bond donors (Lipinski definition) is 2. The summed E-state index contributed by atoms with van der Waals surface area (Å²) < 4.78 is 0. The molecular weight excluding hydrogens is 222 g/mol. The number of aromatic nitrogens is 1. The molecule has 0 spiro atoms. The molecular formula is C11H19N3OS. The van der Waals surface area contributed by atoms with Gasteiger partial charge in [-0.2, -0.15) is 0 Å². The third-order valence-corrected chi connectivity index (χ3v) is 3.31. The van der Waals surface area contributed by atoms with E-state index in [1.807, 2.05) is 20.8 Å². The van der Waals surface area contributed by atoms with Crippen LogP contribution < -0.4 is 10.6 Å². The standard InChI is InChI=1S/C11H19N3OS/c1-4-6-12-11(15)13-7-5-10-8(2)14-9(3)16-10/h4-7H2,1-3H3,(H2,12,13,15). The summed E-state index contributed by atoms with van der Waals surface area (Å²) in [6, 6.07) is -0.0826. The Morgan fingerprint density at radius 1 is 1.31 bits per heavy atom. The van der Waals surface area contributed by atoms with E-state index >= 15 is 0 Å². The quantitative estimate of drug-likeness (QED) is 0.828. The largest absolute Gasteiger partial charge is 0.338 e. The van der Waals surface area contributed by atoms with Crippen molar-refractivity contribution >= 4 is 17.4 Å². The summed E-state index contributed by atoms with van der Waals surface area (Å²) in [5.74, 6) is 0. The van der Waals surface area contributed by atoms with Crippen molar-refractivity contribution in [2.75, 3.05) is 13.1 Å². The van der Waals surface area contributed by atoms with Crippen LogP contribution in [0.25, 0.3) is 0 Å². The molecule has 0 aliphatic rings. The van der Waals surface area contributed by atoms with Crippen molar-refractivity contribution in [1.82, 2.24) is 15.6 Å². The second-order valence-electron chi connectivity index (χ2n) is 3.67. The summed E-state index contributed by atoms with van der Waals surface area (Å²) >= 11 is 1.70. The summed E-state index contributed by atoms with van der Waals surface area (Å²) in [5, 5.41) is 6.69. The Morgan fingerprint density at radius 3 is 2.56 bits per heavy atom. The van der Waals surface area contributed by atoms with Crippen LogP contribution in [0.4, 0.5) is 4.79 Å². The summed E-state index contributed by atoms with van der Waals surface area (Å²) in [6.07, 6.45) is 1.82. The minimum absolute atomic E-state index is 0.0826. The van der Waals surface area contributed by atoms with Gasteiger partial charge < -0.3 is 10.6 Å². The van der Waals surface area contributed by atoms with Crippen LogP contribution in [0.15, 0.2) is 0 Å². The van der Waals surface area contributed by atoms with E-state index in [-0.39, 0.29) is 6.03 Å². The second-order valence-corrected chi connectivity index (χ2v) is 4.96. The Balaban J connectivity index is 2.25. The number of urea groups is 1. The molecule has 1 heterocycles. The van der Waals surface area contributed by atoms with E-state index in [4.69, 9.17) is 0 Å². The first-order chi connectivity index (χ1) is 7.63. The molecule has 5 heteroatoms. The maximum atomic E-state index is 11.2. The van der Waals surface area contributed by atoms with E-state index in [2.05, 4.69) is 15.6 Å². The van der Waals surface area contributed by atoms with Gasteiger partial charge in [-0.05, 0) is 20.3 Å². The average Bonchev–Trinajstić information content (AvgIpc) is 2.55. The molecule has 0 radical (unpaired) electrons. The molecule has 90 valence electrons. The van der Waals surface area contributed by atoms with Gasteiger partial charge in [0.1, 0.15) is 0 Å². The van der Waals surface area contributed by atoms with Crippen molar-refractivity contribution in [3.05, 3.63) is 15.6 Å². The van der Waals surface area contributed by atoms with Gasteiger partial charge >= 0.3 is 6.03 Å². The zero-order chi connectivity index (χ0) is 12.0. The first-order valence-corrected chi connectivity index (χ1v) is 6.39. The number of carbonyl (C=O) groups is 1. The van der Waals surface area contributed by atoms with Crippen LogP contribution in [-0.4, -0.2) is 24.1 Å². The minimum atomic E-state index is -0.0826. The summed E-state index contributed by atoms with van der Waals surface area (Å²) in [5.41, 5.74) is 1.08. The predicted octanol–water partition coefficient (Wildman–Crippen LogP) is 2.01. The molecule has 2 amide bonds. The van der Waals surface area contributed by atoms with Gasteiger partial charge in [0.25, 0.3) is 0 Å². The lowest BCUT2D eigenvalue weighted by Crippen LogP contribution is -2.36. The van der Waals surface area contributed by atoms with Gasteiger partial charge in [-0.15, -0.1) is 11.3 Å². The lowest BCUT2D eigenvalue weighted by atomic mass is 10.3. The fourth-order valence-corrected chi connectivity index (χ4v) is 2.33. The Hall–Kier alpha value is -1.10. The molecule has 0 unspecified atom stereocenters. The number of nitrogens with zero attached hydrogens (tertiary/aromatic N) is 1. The van der Waals surface area contributed by atoms with Crippen LogP contribution in [0.2, 0.25) is 0 Å². The molecule has 0 aromatic carbocycles. The van der Waals surface area contributed by atoms with Crippen LogP contribution in [0.1, 0.15) is 28.9 Å². The second kappa shape index (κ2) is 6.48. The van der Waals surface area contributed by atoms with Gasteiger partial charge in [0.2, 0.25) is 0 Å². The van der Waals surface area contributed by atoms with Crippen LogP contribution in [-0.2, 0) is 6.42 Å². The maximum Gasteiger partial charge on any atom is 0.314 e. The topological polar surface area (TPSA) is 54.0 Å². The number of thiazole rings is 1. The van der Waals surface area contributed by atoms with Gasteiger partial charge in [-0.3, -0.25) is 0 Å². The van der Waals surface area contributed by atoms with Gasteiger partial charge in [0.05, 0.1) is 10.7 Å². The summed E-state index contributed by atoms with van der Waals surface area (Å²) in [4.78, 5) is 16.9. The average molecular weight is 241 g/mol. The van der Waals surface area contributed by atoms with Gasteiger partial charge in [0, 0.05) is 24.4 Å². The number of carbonyl (C=O) groups excluding carboxylic acids is 1. The highest BCUT2D eigenvalue weighted by molar-refractivity contribution is 7.11. The highest BCUT2D eigenvalue weighted by atomic mass is 32.1. The van der Waals surface area contributed by atoms with Crippen LogP contribution in [0.3, 0.4) is 0 Å². The monoisotopic (exact) mass is 241 g/mol. The molecule has 1 aromatic rings. The first kappa shape index (κ1) is 13.0. The SMILES string of the molecule is CCCNC(=O)NCCc1sc(C)nc1C. The smallest absolute Gasteiger partial charge is 0.314 e. The number of nitrogens with one attached hydrogen (secondary N) is 2. The van der Waals surface area contributed by atoms with E-state index in [0.717, 1.165) is 30.1 Å². The normalized spacial score (nSPS) is 10.2. The summed E-state index contributed by atoms with van der Waals surface area (Å²) in [7, 11) is 0. The molecule has 0 saturated heterocycles. The summed E-state index contributed by atoms with van der Waals surface area (Å²) in [6.45, 7) is 7.44. The van der Waals surface area contributed by atoms with Crippen molar-refractivity contribution in [3.8, 4) is 0 Å². The number of aryl methyl sites for hydroxylation is 2.